The molecule has 1 amide bonds. The van der Waals surface area contributed by atoms with Gasteiger partial charge in [0.05, 0.1) is 0 Å². The molecular weight excluding hydrogens is 450 g/mol. The number of hydroxylamine groups is 1. The molecule has 1 fully saturated rings. The minimum atomic E-state index is -0.597. The molecule has 1 aliphatic heterocycles. The number of carbonyl (C=O) groups excluding carboxylic acids is 2. The first-order valence-electron chi connectivity index (χ1n) is 12.1. The fourth-order valence-electron chi connectivity index (χ4n) is 4.32. The van der Waals surface area contributed by atoms with Gasteiger partial charge < -0.3 is 0 Å². The highest BCUT2D eigenvalue weighted by molar-refractivity contribution is 6.07. The number of piperazine rings is 1. The van der Waals surface area contributed by atoms with E-state index in [1.54, 1.807) is 23.7 Å². The lowest BCUT2D eigenvalue weighted by Gasteiger charge is -2.35. The summed E-state index contributed by atoms with van der Waals surface area (Å²) in [5.74, 6) is -0.630. The minimum Gasteiger partial charge on any atom is -0.297 e. The van der Waals surface area contributed by atoms with Crippen LogP contribution in [-0.2, 0) is 17.9 Å². The zero-order valence-corrected chi connectivity index (χ0v) is 20.2. The van der Waals surface area contributed by atoms with Crippen molar-refractivity contribution in [3.63, 3.8) is 0 Å². The van der Waals surface area contributed by atoms with Crippen LogP contribution in [-0.4, -0.2) is 52.9 Å². The largest absolute Gasteiger partial charge is 0.297 e. The van der Waals surface area contributed by atoms with E-state index in [1.807, 2.05) is 54.6 Å². The van der Waals surface area contributed by atoms with E-state index in [-0.39, 0.29) is 5.78 Å². The van der Waals surface area contributed by atoms with Crippen LogP contribution >= 0.6 is 0 Å². The van der Waals surface area contributed by atoms with Crippen LogP contribution in [0.25, 0.3) is 12.2 Å². The highest BCUT2D eigenvalue weighted by atomic mass is 16.5. The number of nitrogens with zero attached hydrogens (tertiary/aromatic N) is 2. The molecule has 0 bridgehead atoms. The minimum absolute atomic E-state index is 0.0334. The van der Waals surface area contributed by atoms with E-state index in [4.69, 9.17) is 5.21 Å². The van der Waals surface area contributed by atoms with E-state index in [1.165, 1.54) is 11.6 Å². The second kappa shape index (κ2) is 12.7. The van der Waals surface area contributed by atoms with Gasteiger partial charge in [0, 0.05) is 50.9 Å². The summed E-state index contributed by atoms with van der Waals surface area (Å²) >= 11 is 0. The van der Waals surface area contributed by atoms with E-state index < -0.39 is 5.91 Å². The third-order valence-corrected chi connectivity index (χ3v) is 6.27. The first-order valence-corrected chi connectivity index (χ1v) is 12.1. The predicted octanol–water partition coefficient (Wildman–Crippen LogP) is 4.42. The number of rotatable bonds is 9. The molecule has 3 aromatic rings. The molecule has 4 rings (SSSR count). The average Bonchev–Trinajstić information content (AvgIpc) is 2.92. The predicted molar refractivity (Wildman–Crippen MR) is 142 cm³/mol. The molecule has 0 saturated carbocycles. The van der Waals surface area contributed by atoms with Gasteiger partial charge in [0.2, 0.25) is 0 Å². The SMILES string of the molecule is O=C(/C=C/c1cccc(/C=C/C(=O)c2ccccc2CN2CCN(Cc3ccccc3)CC2)c1)NO. The molecule has 1 aliphatic rings. The summed E-state index contributed by atoms with van der Waals surface area (Å²) in [5.41, 5.74) is 6.30. The summed E-state index contributed by atoms with van der Waals surface area (Å²) in [6.45, 7) is 5.69. The van der Waals surface area contributed by atoms with Crippen LogP contribution in [0, 0.1) is 0 Å². The van der Waals surface area contributed by atoms with Gasteiger partial charge in [-0.1, -0.05) is 78.9 Å². The van der Waals surface area contributed by atoms with Gasteiger partial charge in [0.25, 0.3) is 5.91 Å². The third-order valence-electron chi connectivity index (χ3n) is 6.27. The number of allylic oxidation sites excluding steroid dienone is 1. The highest BCUT2D eigenvalue weighted by Crippen LogP contribution is 2.17. The van der Waals surface area contributed by atoms with Gasteiger partial charge in [-0.05, 0) is 40.5 Å². The summed E-state index contributed by atoms with van der Waals surface area (Å²) < 4.78 is 0. The molecule has 0 radical (unpaired) electrons. The molecule has 0 spiro atoms. The maximum absolute atomic E-state index is 13.1. The molecule has 1 heterocycles. The van der Waals surface area contributed by atoms with E-state index in [0.717, 1.165) is 61.5 Å². The smallest absolute Gasteiger partial charge is 0.267 e. The fourth-order valence-corrected chi connectivity index (χ4v) is 4.32. The Labute approximate surface area is 212 Å². The van der Waals surface area contributed by atoms with Crippen LogP contribution in [0.3, 0.4) is 0 Å². The van der Waals surface area contributed by atoms with Crippen molar-refractivity contribution in [3.8, 4) is 0 Å². The molecule has 0 unspecified atom stereocenters. The maximum Gasteiger partial charge on any atom is 0.267 e. The number of hydrogen-bond acceptors (Lipinski definition) is 5. The van der Waals surface area contributed by atoms with Crippen molar-refractivity contribution in [2.24, 2.45) is 0 Å². The second-order valence-electron chi connectivity index (χ2n) is 8.87. The second-order valence-corrected chi connectivity index (χ2v) is 8.87. The number of hydrogen-bond donors (Lipinski definition) is 2. The number of amides is 1. The van der Waals surface area contributed by atoms with Crippen molar-refractivity contribution >= 4 is 23.8 Å². The van der Waals surface area contributed by atoms with E-state index in [2.05, 4.69) is 34.1 Å². The van der Waals surface area contributed by atoms with Gasteiger partial charge in [-0.15, -0.1) is 0 Å². The molecule has 0 aliphatic carbocycles. The Balaban J connectivity index is 1.36. The number of carbonyl (C=O) groups is 2. The molecule has 0 atom stereocenters. The molecule has 2 N–H and O–H groups in total. The summed E-state index contributed by atoms with van der Waals surface area (Å²) in [4.78, 5) is 29.2. The Morgan fingerprint density at radius 2 is 1.36 bits per heavy atom. The Hall–Kier alpha value is -3.84. The van der Waals surface area contributed by atoms with Crippen molar-refractivity contribution in [3.05, 3.63) is 119 Å². The maximum atomic E-state index is 13.1. The van der Waals surface area contributed by atoms with Crippen LogP contribution < -0.4 is 5.48 Å². The zero-order chi connectivity index (χ0) is 25.2. The van der Waals surface area contributed by atoms with Gasteiger partial charge >= 0.3 is 0 Å². The van der Waals surface area contributed by atoms with Crippen molar-refractivity contribution in [2.75, 3.05) is 26.2 Å². The number of ketones is 1. The topological polar surface area (TPSA) is 72.9 Å². The van der Waals surface area contributed by atoms with E-state index in [9.17, 15) is 9.59 Å². The van der Waals surface area contributed by atoms with Crippen molar-refractivity contribution in [2.45, 2.75) is 13.1 Å². The normalized spacial score (nSPS) is 14.9. The Morgan fingerprint density at radius 1 is 0.750 bits per heavy atom. The number of benzene rings is 3. The molecule has 0 aromatic heterocycles. The Kier molecular flexibility index (Phi) is 8.94. The van der Waals surface area contributed by atoms with Crippen LogP contribution in [0.15, 0.2) is 91.0 Å². The van der Waals surface area contributed by atoms with Gasteiger partial charge in [0.15, 0.2) is 5.78 Å². The summed E-state index contributed by atoms with van der Waals surface area (Å²) in [5, 5.41) is 8.61. The van der Waals surface area contributed by atoms with Gasteiger partial charge in [-0.25, -0.2) is 5.48 Å². The first-order chi connectivity index (χ1) is 17.6. The van der Waals surface area contributed by atoms with E-state index in [0.29, 0.717) is 0 Å². The monoisotopic (exact) mass is 481 g/mol. The lowest BCUT2D eigenvalue weighted by molar-refractivity contribution is -0.124. The van der Waals surface area contributed by atoms with Crippen molar-refractivity contribution in [1.29, 1.82) is 0 Å². The lowest BCUT2D eigenvalue weighted by atomic mass is 10.0. The molecule has 6 heteroatoms. The molecule has 184 valence electrons. The third kappa shape index (κ3) is 7.33. The molecule has 1 saturated heterocycles. The first kappa shape index (κ1) is 25.3. The molecule has 3 aromatic carbocycles. The summed E-state index contributed by atoms with van der Waals surface area (Å²) in [6.07, 6.45) is 6.22. The van der Waals surface area contributed by atoms with E-state index >= 15 is 0 Å². The van der Waals surface area contributed by atoms with Crippen LogP contribution in [0.1, 0.15) is 32.6 Å². The fraction of sp³-hybridized carbons (Fsp3) is 0.200. The van der Waals surface area contributed by atoms with Crippen LogP contribution in [0.5, 0.6) is 0 Å². The standard InChI is InChI=1S/C30H31N3O3/c34-29(15-13-24-9-6-10-25(21-24)14-16-30(35)31-36)28-12-5-4-11-27(28)23-33-19-17-32(18-20-33)22-26-7-2-1-3-8-26/h1-16,21,36H,17-20,22-23H2,(H,31,35)/b15-13+,16-14+. The van der Waals surface area contributed by atoms with Crippen molar-refractivity contribution < 1.29 is 14.8 Å². The summed E-state index contributed by atoms with van der Waals surface area (Å²) in [7, 11) is 0. The van der Waals surface area contributed by atoms with Crippen LogP contribution in [0.4, 0.5) is 0 Å². The molecular formula is C30H31N3O3. The highest BCUT2D eigenvalue weighted by Gasteiger charge is 2.19. The van der Waals surface area contributed by atoms with Gasteiger partial charge in [0.1, 0.15) is 0 Å². The molecule has 6 nitrogen and oxygen atoms in total. The lowest BCUT2D eigenvalue weighted by Crippen LogP contribution is -2.45. The Morgan fingerprint density at radius 3 is 2.06 bits per heavy atom. The average molecular weight is 482 g/mol. The van der Waals surface area contributed by atoms with Gasteiger partial charge in [-0.3, -0.25) is 24.6 Å². The molecule has 36 heavy (non-hydrogen) atoms. The van der Waals surface area contributed by atoms with Crippen molar-refractivity contribution in [1.82, 2.24) is 15.3 Å². The van der Waals surface area contributed by atoms with Gasteiger partial charge in [-0.2, -0.15) is 0 Å². The zero-order valence-electron chi connectivity index (χ0n) is 20.2. The number of nitrogens with one attached hydrogen (secondary N) is 1. The quantitative estimate of drug-likeness (QED) is 0.205. The summed E-state index contributed by atoms with van der Waals surface area (Å²) in [6, 6.07) is 25.8. The Bertz CT molecular complexity index is 1230. The van der Waals surface area contributed by atoms with Crippen LogP contribution in [0.2, 0.25) is 0 Å².